The number of hydrogen-bond donors (Lipinski definition) is 2. The van der Waals surface area contributed by atoms with Crippen LogP contribution in [0.1, 0.15) is 52.1 Å². The fourth-order valence-electron chi connectivity index (χ4n) is 2.59. The molecule has 5 heteroatoms. The molecule has 0 unspecified atom stereocenters. The Morgan fingerprint density at radius 2 is 1.81 bits per heavy atom. The number of carbonyl (C=O) groups excluding carboxylic acids is 1. The first kappa shape index (κ1) is 19.2. The van der Waals surface area contributed by atoms with E-state index in [9.17, 15) is 14.7 Å². The molecule has 0 heterocycles. The van der Waals surface area contributed by atoms with Gasteiger partial charge in [-0.25, -0.2) is 4.79 Å². The van der Waals surface area contributed by atoms with E-state index >= 15 is 0 Å². The van der Waals surface area contributed by atoms with Crippen molar-refractivity contribution in [2.75, 3.05) is 6.61 Å². The Labute approximate surface area is 152 Å². The highest BCUT2D eigenvalue weighted by molar-refractivity contribution is 5.97. The van der Waals surface area contributed by atoms with Gasteiger partial charge in [-0.1, -0.05) is 31.6 Å². The summed E-state index contributed by atoms with van der Waals surface area (Å²) in [5.41, 5.74) is 2.04. The van der Waals surface area contributed by atoms with Gasteiger partial charge >= 0.3 is 5.97 Å². The lowest BCUT2D eigenvalue weighted by Gasteiger charge is -2.13. The largest absolute Gasteiger partial charge is 0.507 e. The number of aromatic hydroxyl groups is 1. The molecule has 0 saturated carbocycles. The fourth-order valence-corrected chi connectivity index (χ4v) is 2.59. The topological polar surface area (TPSA) is 83.8 Å². The van der Waals surface area contributed by atoms with E-state index in [0.29, 0.717) is 23.3 Å². The van der Waals surface area contributed by atoms with Crippen LogP contribution in [0.4, 0.5) is 0 Å². The van der Waals surface area contributed by atoms with Crippen LogP contribution in [0.3, 0.4) is 0 Å². The molecule has 2 N–H and O–H groups in total. The van der Waals surface area contributed by atoms with Gasteiger partial charge < -0.3 is 14.9 Å². The first-order valence-corrected chi connectivity index (χ1v) is 8.42. The van der Waals surface area contributed by atoms with Gasteiger partial charge in [0.05, 0.1) is 11.1 Å². The standard InChI is InChI=1S/C21H22O5/c1-3-5-18-19(12-11-17(14(2)22)20(18)23)26-13-4-6-15-7-9-16(10-8-15)21(24)25/h4,6-12,23H,3,5,13H2,1-2H3,(H,24,25)/b6-4-. The number of carboxylic acid groups (broad SMARTS) is 1. The molecule has 0 saturated heterocycles. The number of rotatable bonds is 8. The second-order valence-electron chi connectivity index (χ2n) is 5.89. The van der Waals surface area contributed by atoms with E-state index in [-0.39, 0.29) is 23.7 Å². The number of ether oxygens (including phenoxy) is 1. The maximum Gasteiger partial charge on any atom is 0.335 e. The van der Waals surface area contributed by atoms with Crippen molar-refractivity contribution in [3.05, 3.63) is 64.7 Å². The minimum absolute atomic E-state index is 0.00918. The van der Waals surface area contributed by atoms with Gasteiger partial charge in [-0.3, -0.25) is 4.79 Å². The van der Waals surface area contributed by atoms with E-state index in [1.807, 2.05) is 13.0 Å². The van der Waals surface area contributed by atoms with Crippen LogP contribution < -0.4 is 4.74 Å². The maximum atomic E-state index is 11.6. The lowest BCUT2D eigenvalue weighted by molar-refractivity contribution is 0.0696. The molecule has 0 aliphatic heterocycles. The van der Waals surface area contributed by atoms with Crippen molar-refractivity contribution in [1.29, 1.82) is 0 Å². The summed E-state index contributed by atoms with van der Waals surface area (Å²) in [6.07, 6.45) is 5.07. The van der Waals surface area contributed by atoms with Gasteiger partial charge in [0.25, 0.3) is 0 Å². The Morgan fingerprint density at radius 3 is 2.38 bits per heavy atom. The summed E-state index contributed by atoms with van der Waals surface area (Å²) < 4.78 is 5.74. The van der Waals surface area contributed by atoms with Gasteiger partial charge in [0.1, 0.15) is 18.1 Å². The van der Waals surface area contributed by atoms with Crippen LogP contribution in [0.5, 0.6) is 11.5 Å². The molecule has 0 aliphatic rings. The molecule has 0 bridgehead atoms. The van der Waals surface area contributed by atoms with E-state index in [1.165, 1.54) is 6.92 Å². The molecule has 0 amide bonds. The van der Waals surface area contributed by atoms with E-state index in [0.717, 1.165) is 12.0 Å². The van der Waals surface area contributed by atoms with Crippen molar-refractivity contribution in [2.24, 2.45) is 0 Å². The van der Waals surface area contributed by atoms with Crippen molar-refractivity contribution in [3.8, 4) is 11.5 Å². The SMILES string of the molecule is CCCc1c(OC/C=C\c2ccc(C(=O)O)cc2)ccc(C(C)=O)c1O. The first-order valence-electron chi connectivity index (χ1n) is 8.42. The van der Waals surface area contributed by atoms with Gasteiger partial charge in [0.2, 0.25) is 0 Å². The molecule has 5 nitrogen and oxygen atoms in total. The van der Waals surface area contributed by atoms with Gasteiger partial charge in [0, 0.05) is 5.56 Å². The Morgan fingerprint density at radius 1 is 1.12 bits per heavy atom. The Bertz CT molecular complexity index is 819. The molecule has 0 radical (unpaired) electrons. The molecule has 0 atom stereocenters. The number of ketones is 1. The molecule has 2 aromatic rings. The Kier molecular flexibility index (Phi) is 6.55. The highest BCUT2D eigenvalue weighted by atomic mass is 16.5. The number of phenolic OH excluding ortho intramolecular Hbond substituents is 1. The predicted octanol–water partition coefficient (Wildman–Crippen LogP) is 4.34. The average molecular weight is 354 g/mol. The summed E-state index contributed by atoms with van der Waals surface area (Å²) in [6, 6.07) is 9.80. The zero-order chi connectivity index (χ0) is 19.1. The number of carbonyl (C=O) groups is 2. The third kappa shape index (κ3) is 4.72. The minimum Gasteiger partial charge on any atom is -0.507 e. The van der Waals surface area contributed by atoms with Gasteiger partial charge in [0.15, 0.2) is 5.78 Å². The summed E-state index contributed by atoms with van der Waals surface area (Å²) in [7, 11) is 0. The van der Waals surface area contributed by atoms with Crippen molar-refractivity contribution >= 4 is 17.8 Å². The molecule has 2 aromatic carbocycles. The molecule has 0 aromatic heterocycles. The normalized spacial score (nSPS) is 10.8. The monoisotopic (exact) mass is 354 g/mol. The van der Waals surface area contributed by atoms with Crippen LogP contribution >= 0.6 is 0 Å². The molecular formula is C21H22O5. The van der Waals surface area contributed by atoms with Crippen LogP contribution in [-0.4, -0.2) is 28.6 Å². The highest BCUT2D eigenvalue weighted by Gasteiger charge is 2.15. The number of benzene rings is 2. The number of phenols is 1. The smallest absolute Gasteiger partial charge is 0.335 e. The van der Waals surface area contributed by atoms with E-state index in [2.05, 4.69) is 0 Å². The van der Waals surface area contributed by atoms with E-state index in [1.54, 1.807) is 42.5 Å². The van der Waals surface area contributed by atoms with Crippen molar-refractivity contribution < 1.29 is 24.5 Å². The van der Waals surface area contributed by atoms with Gasteiger partial charge in [-0.15, -0.1) is 0 Å². The van der Waals surface area contributed by atoms with Gasteiger partial charge in [-0.05, 0) is 49.2 Å². The van der Waals surface area contributed by atoms with Gasteiger partial charge in [-0.2, -0.15) is 0 Å². The average Bonchev–Trinajstić information content (AvgIpc) is 2.61. The van der Waals surface area contributed by atoms with E-state index in [4.69, 9.17) is 9.84 Å². The third-order valence-corrected chi connectivity index (χ3v) is 3.92. The number of carboxylic acids is 1. The van der Waals surface area contributed by atoms with Crippen molar-refractivity contribution in [3.63, 3.8) is 0 Å². The molecule has 26 heavy (non-hydrogen) atoms. The van der Waals surface area contributed by atoms with E-state index < -0.39 is 5.97 Å². The third-order valence-electron chi connectivity index (χ3n) is 3.92. The molecule has 0 aliphatic carbocycles. The summed E-state index contributed by atoms with van der Waals surface area (Å²) in [5.74, 6) is -0.595. The molecular weight excluding hydrogens is 332 g/mol. The lowest BCUT2D eigenvalue weighted by Crippen LogP contribution is -2.02. The van der Waals surface area contributed by atoms with Crippen LogP contribution in [0.2, 0.25) is 0 Å². The highest BCUT2D eigenvalue weighted by Crippen LogP contribution is 2.33. The van der Waals surface area contributed by atoms with Crippen LogP contribution in [0, 0.1) is 0 Å². The second-order valence-corrected chi connectivity index (χ2v) is 5.89. The summed E-state index contributed by atoms with van der Waals surface area (Å²) in [5, 5.41) is 19.2. The van der Waals surface area contributed by atoms with Crippen LogP contribution in [0.25, 0.3) is 6.08 Å². The zero-order valence-corrected chi connectivity index (χ0v) is 14.9. The predicted molar refractivity (Wildman–Crippen MR) is 100 cm³/mol. The summed E-state index contributed by atoms with van der Waals surface area (Å²) in [6.45, 7) is 3.70. The zero-order valence-electron chi connectivity index (χ0n) is 14.9. The van der Waals surface area contributed by atoms with Crippen LogP contribution in [0.15, 0.2) is 42.5 Å². The number of hydrogen-bond acceptors (Lipinski definition) is 4. The maximum absolute atomic E-state index is 11.6. The Hall–Kier alpha value is -3.08. The molecule has 136 valence electrons. The lowest BCUT2D eigenvalue weighted by atomic mass is 10.0. The summed E-state index contributed by atoms with van der Waals surface area (Å²) >= 11 is 0. The molecule has 0 fully saturated rings. The minimum atomic E-state index is -0.957. The first-order chi connectivity index (χ1) is 12.4. The second kappa shape index (κ2) is 8.85. The Balaban J connectivity index is 2.07. The molecule has 2 rings (SSSR count). The number of Topliss-reactive ketones (excluding diaryl/α,β-unsaturated/α-hetero) is 1. The fraction of sp³-hybridized carbons (Fsp3) is 0.238. The van der Waals surface area contributed by atoms with Crippen molar-refractivity contribution in [1.82, 2.24) is 0 Å². The van der Waals surface area contributed by atoms with Crippen LogP contribution in [-0.2, 0) is 6.42 Å². The summed E-state index contributed by atoms with van der Waals surface area (Å²) in [4.78, 5) is 22.4. The number of aromatic carboxylic acids is 1. The van der Waals surface area contributed by atoms with Crippen molar-refractivity contribution in [2.45, 2.75) is 26.7 Å². The quantitative estimate of drug-likeness (QED) is 0.689. The molecule has 0 spiro atoms.